The third-order valence-electron chi connectivity index (χ3n) is 3.58. The molecular weight excluding hydrogens is 245 g/mol. The topological polar surface area (TPSA) is 41.1 Å². The van der Waals surface area contributed by atoms with E-state index >= 15 is 0 Å². The molecule has 3 unspecified atom stereocenters. The summed E-state index contributed by atoms with van der Waals surface area (Å²) in [6.07, 6.45) is -4.31. The van der Waals surface area contributed by atoms with Crippen LogP contribution in [0.4, 0.5) is 13.2 Å². The molecule has 1 saturated heterocycles. The molecule has 0 aromatic heterocycles. The molecule has 0 spiro atoms. The van der Waals surface area contributed by atoms with E-state index in [4.69, 9.17) is 0 Å². The molecule has 2 N–H and O–H groups in total. The van der Waals surface area contributed by atoms with Crippen LogP contribution >= 0.6 is 0 Å². The number of hydrogen-bond donors (Lipinski definition) is 2. The molecule has 2 aliphatic heterocycles. The molecule has 1 fully saturated rings. The van der Waals surface area contributed by atoms with Crippen LogP contribution in [-0.2, 0) is 0 Å². The molecule has 6 heteroatoms. The Hall–Kier alpha value is -1.56. The van der Waals surface area contributed by atoms with Crippen LogP contribution in [0.3, 0.4) is 0 Å². The van der Waals surface area contributed by atoms with Gasteiger partial charge in [-0.05, 0) is 11.6 Å². The number of alkyl halides is 3. The number of carbonyl (C=O) groups is 1. The maximum Gasteiger partial charge on any atom is 0.404 e. The van der Waals surface area contributed by atoms with Gasteiger partial charge >= 0.3 is 6.18 Å². The van der Waals surface area contributed by atoms with E-state index < -0.39 is 24.2 Å². The average molecular weight is 256 g/mol. The predicted molar refractivity (Wildman–Crippen MR) is 58.3 cm³/mol. The Morgan fingerprint density at radius 3 is 2.67 bits per heavy atom. The largest absolute Gasteiger partial charge is 0.404 e. The van der Waals surface area contributed by atoms with Gasteiger partial charge in [0, 0.05) is 18.0 Å². The third kappa shape index (κ3) is 1.59. The fraction of sp³-hybridized carbons (Fsp3) is 0.417. The Bertz CT molecular complexity index is 500. The highest BCUT2D eigenvalue weighted by Gasteiger charge is 2.54. The second kappa shape index (κ2) is 3.71. The van der Waals surface area contributed by atoms with Crippen molar-refractivity contribution >= 4 is 5.91 Å². The number of hydrogen-bond acceptors (Lipinski definition) is 2. The first-order valence-corrected chi connectivity index (χ1v) is 5.68. The first-order chi connectivity index (χ1) is 8.48. The normalized spacial score (nSPS) is 30.6. The van der Waals surface area contributed by atoms with Crippen LogP contribution in [0.1, 0.15) is 21.8 Å². The number of fused-ring (bicyclic) bond motifs is 3. The summed E-state index contributed by atoms with van der Waals surface area (Å²) in [7, 11) is 0. The SMILES string of the molecule is O=C1NC2CNC(C(F)(F)F)C2c2ccccc21. The zero-order valence-corrected chi connectivity index (χ0v) is 9.29. The Morgan fingerprint density at radius 1 is 1.22 bits per heavy atom. The summed E-state index contributed by atoms with van der Waals surface area (Å²) >= 11 is 0. The number of rotatable bonds is 0. The van der Waals surface area contributed by atoms with Crippen LogP contribution in [0, 0.1) is 0 Å². The zero-order chi connectivity index (χ0) is 12.9. The van der Waals surface area contributed by atoms with Gasteiger partial charge in [-0.15, -0.1) is 0 Å². The molecule has 0 radical (unpaired) electrons. The van der Waals surface area contributed by atoms with Gasteiger partial charge in [0.1, 0.15) is 6.04 Å². The Labute approximate surface area is 101 Å². The maximum atomic E-state index is 12.9. The summed E-state index contributed by atoms with van der Waals surface area (Å²) < 4.78 is 38.8. The molecule has 0 saturated carbocycles. The Balaban J connectivity index is 2.08. The van der Waals surface area contributed by atoms with Crippen molar-refractivity contribution in [2.24, 2.45) is 0 Å². The molecule has 3 atom stereocenters. The van der Waals surface area contributed by atoms with E-state index in [1.807, 2.05) is 0 Å². The van der Waals surface area contributed by atoms with E-state index in [0.29, 0.717) is 11.1 Å². The minimum absolute atomic E-state index is 0.148. The molecule has 2 aliphatic rings. The molecule has 3 rings (SSSR count). The molecule has 1 aromatic carbocycles. The first-order valence-electron chi connectivity index (χ1n) is 5.68. The molecular formula is C12H11F3N2O. The molecule has 18 heavy (non-hydrogen) atoms. The van der Waals surface area contributed by atoms with Crippen molar-refractivity contribution in [1.29, 1.82) is 0 Å². The van der Waals surface area contributed by atoms with Crippen LogP contribution in [0.25, 0.3) is 0 Å². The summed E-state index contributed by atoms with van der Waals surface area (Å²) in [5.74, 6) is -1.03. The smallest absolute Gasteiger partial charge is 0.347 e. The Kier molecular flexibility index (Phi) is 2.38. The maximum absolute atomic E-state index is 12.9. The van der Waals surface area contributed by atoms with Crippen molar-refractivity contribution in [3.63, 3.8) is 0 Å². The van der Waals surface area contributed by atoms with Crippen LogP contribution < -0.4 is 10.6 Å². The fourth-order valence-electron chi connectivity index (χ4n) is 2.84. The summed E-state index contributed by atoms with van der Waals surface area (Å²) in [4.78, 5) is 11.8. The van der Waals surface area contributed by atoms with Crippen LogP contribution in [0.2, 0.25) is 0 Å². The van der Waals surface area contributed by atoms with Crippen molar-refractivity contribution in [2.45, 2.75) is 24.2 Å². The monoisotopic (exact) mass is 256 g/mol. The van der Waals surface area contributed by atoms with E-state index in [9.17, 15) is 18.0 Å². The van der Waals surface area contributed by atoms with Gasteiger partial charge < -0.3 is 10.6 Å². The van der Waals surface area contributed by atoms with Gasteiger partial charge in [-0.2, -0.15) is 13.2 Å². The van der Waals surface area contributed by atoms with E-state index in [2.05, 4.69) is 10.6 Å². The number of carbonyl (C=O) groups excluding carboxylic acids is 1. The van der Waals surface area contributed by atoms with E-state index in [0.717, 1.165) is 0 Å². The molecule has 96 valence electrons. The second-order valence-electron chi connectivity index (χ2n) is 4.62. The van der Waals surface area contributed by atoms with Crippen LogP contribution in [0.15, 0.2) is 24.3 Å². The highest BCUT2D eigenvalue weighted by Crippen LogP contribution is 2.40. The van der Waals surface area contributed by atoms with Gasteiger partial charge in [-0.1, -0.05) is 18.2 Å². The standard InChI is InChI=1S/C12H11F3N2O/c13-12(14,15)10-9-6-3-1-2-4-7(6)11(18)17-8(9)5-16-10/h1-4,8-10,16H,5H2,(H,17,18). The molecule has 0 aliphatic carbocycles. The summed E-state index contributed by atoms with van der Waals surface area (Å²) in [5, 5.41) is 5.10. The Morgan fingerprint density at radius 2 is 1.94 bits per heavy atom. The van der Waals surface area contributed by atoms with Gasteiger partial charge in [0.15, 0.2) is 0 Å². The zero-order valence-electron chi connectivity index (χ0n) is 9.29. The van der Waals surface area contributed by atoms with Gasteiger partial charge in [-0.3, -0.25) is 4.79 Å². The van der Waals surface area contributed by atoms with E-state index in [1.165, 1.54) is 0 Å². The first kappa shape index (κ1) is 11.5. The number of amides is 1. The predicted octanol–water partition coefficient (Wildman–Crippen LogP) is 1.42. The highest BCUT2D eigenvalue weighted by molar-refractivity contribution is 5.97. The molecule has 0 bridgehead atoms. The van der Waals surface area contributed by atoms with E-state index in [-0.39, 0.29) is 12.5 Å². The number of halogens is 3. The van der Waals surface area contributed by atoms with Crippen molar-refractivity contribution < 1.29 is 18.0 Å². The number of nitrogens with one attached hydrogen (secondary N) is 2. The second-order valence-corrected chi connectivity index (χ2v) is 4.62. The van der Waals surface area contributed by atoms with Crippen molar-refractivity contribution in [2.75, 3.05) is 6.54 Å². The fourth-order valence-corrected chi connectivity index (χ4v) is 2.84. The quantitative estimate of drug-likeness (QED) is 0.737. The minimum atomic E-state index is -4.31. The van der Waals surface area contributed by atoms with Crippen molar-refractivity contribution in [3.8, 4) is 0 Å². The van der Waals surface area contributed by atoms with Crippen LogP contribution in [0.5, 0.6) is 0 Å². The lowest BCUT2D eigenvalue weighted by molar-refractivity contribution is -0.155. The van der Waals surface area contributed by atoms with Gasteiger partial charge in [0.2, 0.25) is 0 Å². The molecule has 1 aromatic rings. The van der Waals surface area contributed by atoms with Crippen molar-refractivity contribution in [3.05, 3.63) is 35.4 Å². The molecule has 2 heterocycles. The lowest BCUT2D eigenvalue weighted by Gasteiger charge is -2.32. The van der Waals surface area contributed by atoms with Crippen molar-refractivity contribution in [1.82, 2.24) is 10.6 Å². The highest BCUT2D eigenvalue weighted by atomic mass is 19.4. The summed E-state index contributed by atoms with van der Waals surface area (Å²) in [6, 6.07) is 4.41. The summed E-state index contributed by atoms with van der Waals surface area (Å²) in [6.45, 7) is 0.148. The van der Waals surface area contributed by atoms with Gasteiger partial charge in [0.25, 0.3) is 5.91 Å². The lowest BCUT2D eigenvalue weighted by Crippen LogP contribution is -2.47. The molecule has 3 nitrogen and oxygen atoms in total. The van der Waals surface area contributed by atoms with Crippen LogP contribution in [-0.4, -0.2) is 30.7 Å². The third-order valence-corrected chi connectivity index (χ3v) is 3.58. The van der Waals surface area contributed by atoms with Gasteiger partial charge in [0.05, 0.1) is 6.04 Å². The lowest BCUT2D eigenvalue weighted by atomic mass is 9.82. The molecule has 1 amide bonds. The summed E-state index contributed by atoms with van der Waals surface area (Å²) in [5.41, 5.74) is 0.829. The van der Waals surface area contributed by atoms with E-state index in [1.54, 1.807) is 24.3 Å². The number of benzene rings is 1. The minimum Gasteiger partial charge on any atom is -0.347 e. The average Bonchev–Trinajstić information content (AvgIpc) is 2.73. The van der Waals surface area contributed by atoms with Gasteiger partial charge in [-0.25, -0.2) is 0 Å².